The van der Waals surface area contributed by atoms with Crippen molar-refractivity contribution in [3.05, 3.63) is 36.4 Å². The van der Waals surface area contributed by atoms with E-state index in [9.17, 15) is 0 Å². The van der Waals surface area contributed by atoms with Crippen molar-refractivity contribution in [2.75, 3.05) is 0 Å². The molecule has 1 aliphatic rings. The van der Waals surface area contributed by atoms with E-state index in [4.69, 9.17) is 0 Å². The molecule has 4 heteroatoms. The summed E-state index contributed by atoms with van der Waals surface area (Å²) in [6, 6.07) is 0. The van der Waals surface area contributed by atoms with Gasteiger partial charge in [0.2, 0.25) is 0 Å². The number of fused-ring (bicyclic) bond motifs is 1. The molecule has 0 fully saturated rings. The second-order valence-corrected chi connectivity index (χ2v) is 4.18. The van der Waals surface area contributed by atoms with Gasteiger partial charge in [-0.1, -0.05) is 0 Å². The Morgan fingerprint density at radius 3 is 2.50 bits per heavy atom. The number of nitrogens with zero attached hydrogens (tertiary/aromatic N) is 4. The fourth-order valence-corrected chi connectivity index (χ4v) is 1.94. The first-order valence-corrected chi connectivity index (χ1v) is 5.68. The van der Waals surface area contributed by atoms with Gasteiger partial charge in [-0.15, -0.1) is 0 Å². The summed E-state index contributed by atoms with van der Waals surface area (Å²) in [6.45, 7) is 0. The van der Waals surface area contributed by atoms with Crippen LogP contribution in [0.1, 0.15) is 24.2 Å². The summed E-state index contributed by atoms with van der Waals surface area (Å²) < 4.78 is 4.04. The molecule has 0 N–H and O–H groups in total. The van der Waals surface area contributed by atoms with Gasteiger partial charge in [-0.25, -0.2) is 9.97 Å². The molecule has 0 amide bonds. The maximum Gasteiger partial charge on any atom is 0.0949 e. The fourth-order valence-electron chi connectivity index (χ4n) is 1.94. The van der Waals surface area contributed by atoms with Gasteiger partial charge in [-0.2, -0.15) is 0 Å². The van der Waals surface area contributed by atoms with Gasteiger partial charge in [0.1, 0.15) is 0 Å². The number of rotatable bonds is 0. The maximum atomic E-state index is 4.32. The van der Waals surface area contributed by atoms with Crippen LogP contribution in [0.25, 0.3) is 0 Å². The van der Waals surface area contributed by atoms with Crippen LogP contribution in [0, 0.1) is 0 Å². The molecule has 0 radical (unpaired) electrons. The molecule has 16 heavy (non-hydrogen) atoms. The zero-order valence-electron chi connectivity index (χ0n) is 9.93. The third-order valence-electron chi connectivity index (χ3n) is 2.86. The average molecular weight is 218 g/mol. The van der Waals surface area contributed by atoms with Crippen LogP contribution in [0.5, 0.6) is 0 Å². The van der Waals surface area contributed by atoms with E-state index >= 15 is 0 Å². The summed E-state index contributed by atoms with van der Waals surface area (Å²) in [5.74, 6) is 0. The number of imidazole rings is 2. The molecular weight excluding hydrogens is 200 g/mol. The highest BCUT2D eigenvalue weighted by Gasteiger charge is 2.12. The number of aromatic nitrogens is 4. The van der Waals surface area contributed by atoms with Crippen LogP contribution in [0.15, 0.2) is 25.0 Å². The zero-order chi connectivity index (χ0) is 11.4. The Labute approximate surface area is 96.0 Å². The summed E-state index contributed by atoms with van der Waals surface area (Å²) in [5.41, 5.74) is 2.78. The lowest BCUT2D eigenvalue weighted by Gasteiger charge is -2.10. The van der Waals surface area contributed by atoms with Crippen LogP contribution in [-0.2, 0) is 26.9 Å². The second-order valence-electron chi connectivity index (χ2n) is 4.18. The highest BCUT2D eigenvalue weighted by atomic mass is 15.0. The van der Waals surface area contributed by atoms with Crippen LogP contribution in [0.4, 0.5) is 0 Å². The topological polar surface area (TPSA) is 35.6 Å². The largest absolute Gasteiger partial charge is 0.341 e. The lowest BCUT2D eigenvalue weighted by molar-refractivity contribution is 0.643. The summed E-state index contributed by atoms with van der Waals surface area (Å²) in [7, 11) is 4.02. The average Bonchev–Trinajstić information content (AvgIpc) is 2.91. The van der Waals surface area contributed by atoms with Gasteiger partial charge >= 0.3 is 0 Å². The first-order valence-electron chi connectivity index (χ1n) is 5.68. The van der Waals surface area contributed by atoms with E-state index in [1.807, 2.05) is 24.1 Å². The molecule has 0 saturated carbocycles. The van der Waals surface area contributed by atoms with Gasteiger partial charge < -0.3 is 9.13 Å². The van der Waals surface area contributed by atoms with Crippen molar-refractivity contribution in [3.8, 4) is 0 Å². The van der Waals surface area contributed by atoms with Crippen molar-refractivity contribution in [3.63, 3.8) is 0 Å². The van der Waals surface area contributed by atoms with Gasteiger partial charge in [0.25, 0.3) is 0 Å². The first-order chi connectivity index (χ1) is 7.77. The first kappa shape index (κ1) is 10.9. The highest BCUT2D eigenvalue weighted by molar-refractivity contribution is 5.15. The van der Waals surface area contributed by atoms with Crippen molar-refractivity contribution < 1.29 is 0 Å². The Morgan fingerprint density at radius 1 is 1.12 bits per heavy atom. The zero-order valence-corrected chi connectivity index (χ0v) is 9.93. The molecule has 0 bridgehead atoms. The van der Waals surface area contributed by atoms with E-state index in [2.05, 4.69) is 21.6 Å². The third kappa shape index (κ3) is 2.51. The van der Waals surface area contributed by atoms with Crippen molar-refractivity contribution in [1.82, 2.24) is 19.1 Å². The minimum Gasteiger partial charge on any atom is -0.341 e. The SMILES string of the molecule is Cn1ccnc1.Cn1cnc2c1CCCC2. The summed E-state index contributed by atoms with van der Waals surface area (Å²) in [5, 5.41) is 0. The summed E-state index contributed by atoms with van der Waals surface area (Å²) in [6.07, 6.45) is 12.4. The second kappa shape index (κ2) is 4.96. The Kier molecular flexibility index (Phi) is 3.39. The molecule has 2 heterocycles. The molecule has 2 aromatic heterocycles. The van der Waals surface area contributed by atoms with Crippen LogP contribution in [0.3, 0.4) is 0 Å². The fraction of sp³-hybridized carbons (Fsp3) is 0.500. The molecule has 1 aliphatic carbocycles. The number of hydrogen-bond donors (Lipinski definition) is 0. The predicted molar refractivity (Wildman–Crippen MR) is 63.1 cm³/mol. The quantitative estimate of drug-likeness (QED) is 0.675. The minimum atomic E-state index is 1.19. The van der Waals surface area contributed by atoms with Crippen LogP contribution in [0.2, 0.25) is 0 Å². The molecular formula is C12H18N4. The Balaban J connectivity index is 0.000000138. The van der Waals surface area contributed by atoms with E-state index < -0.39 is 0 Å². The Morgan fingerprint density at radius 2 is 1.94 bits per heavy atom. The summed E-state index contributed by atoms with van der Waals surface area (Å²) >= 11 is 0. The Hall–Kier alpha value is -1.58. The van der Waals surface area contributed by atoms with Crippen molar-refractivity contribution in [1.29, 1.82) is 0 Å². The van der Waals surface area contributed by atoms with Crippen molar-refractivity contribution in [2.45, 2.75) is 25.7 Å². The van der Waals surface area contributed by atoms with Crippen LogP contribution < -0.4 is 0 Å². The molecule has 0 aliphatic heterocycles. The normalized spacial score (nSPS) is 13.9. The molecule has 0 aromatic carbocycles. The van der Waals surface area contributed by atoms with Gasteiger partial charge in [-0.3, -0.25) is 0 Å². The third-order valence-corrected chi connectivity index (χ3v) is 2.86. The standard InChI is InChI=1S/C8H12N2.C4H6N2/c1-10-6-9-7-4-2-3-5-8(7)10;1-6-3-2-5-4-6/h6H,2-5H2,1H3;2-4H,1H3. The monoisotopic (exact) mass is 218 g/mol. The molecule has 3 rings (SSSR count). The maximum absolute atomic E-state index is 4.32. The molecule has 0 saturated heterocycles. The molecule has 0 atom stereocenters. The van der Waals surface area contributed by atoms with E-state index in [1.165, 1.54) is 37.1 Å². The van der Waals surface area contributed by atoms with Crippen molar-refractivity contribution in [2.24, 2.45) is 14.1 Å². The van der Waals surface area contributed by atoms with Gasteiger partial charge in [-0.05, 0) is 25.7 Å². The molecule has 86 valence electrons. The predicted octanol–water partition coefficient (Wildman–Crippen LogP) is 1.72. The Bertz CT molecular complexity index is 428. The van der Waals surface area contributed by atoms with E-state index in [0.29, 0.717) is 0 Å². The number of hydrogen-bond acceptors (Lipinski definition) is 2. The van der Waals surface area contributed by atoms with E-state index in [0.717, 1.165) is 0 Å². The minimum absolute atomic E-state index is 1.19. The van der Waals surface area contributed by atoms with Gasteiger partial charge in [0.15, 0.2) is 0 Å². The van der Waals surface area contributed by atoms with Crippen LogP contribution in [-0.4, -0.2) is 19.1 Å². The molecule has 2 aromatic rings. The van der Waals surface area contributed by atoms with E-state index in [-0.39, 0.29) is 0 Å². The smallest absolute Gasteiger partial charge is 0.0949 e. The molecule has 0 spiro atoms. The van der Waals surface area contributed by atoms with Crippen LogP contribution >= 0.6 is 0 Å². The lowest BCUT2D eigenvalue weighted by atomic mass is 10.0. The number of aryl methyl sites for hydroxylation is 3. The highest BCUT2D eigenvalue weighted by Crippen LogP contribution is 2.18. The molecule has 4 nitrogen and oxygen atoms in total. The lowest BCUT2D eigenvalue weighted by Crippen LogP contribution is -2.04. The van der Waals surface area contributed by atoms with E-state index in [1.54, 1.807) is 12.5 Å². The van der Waals surface area contributed by atoms with Gasteiger partial charge in [0.05, 0.1) is 18.3 Å². The molecule has 0 unspecified atom stereocenters. The van der Waals surface area contributed by atoms with Gasteiger partial charge in [0, 0.05) is 32.2 Å². The van der Waals surface area contributed by atoms with Crippen molar-refractivity contribution >= 4 is 0 Å². The summed E-state index contributed by atoms with van der Waals surface area (Å²) in [4.78, 5) is 8.10.